The van der Waals surface area contributed by atoms with Crippen molar-refractivity contribution in [1.82, 2.24) is 5.43 Å². The van der Waals surface area contributed by atoms with Crippen LogP contribution < -0.4 is 10.2 Å². The largest absolute Gasteiger partial charge is 0.483 e. The summed E-state index contributed by atoms with van der Waals surface area (Å²) >= 11 is 3.41. The molecule has 2 aromatic rings. The van der Waals surface area contributed by atoms with Gasteiger partial charge in [0.25, 0.3) is 5.91 Å². The molecule has 2 rings (SSSR count). The lowest BCUT2D eigenvalue weighted by Gasteiger charge is -2.10. The van der Waals surface area contributed by atoms with Crippen LogP contribution in [0.4, 0.5) is 0 Å². The van der Waals surface area contributed by atoms with E-state index in [0.717, 1.165) is 40.6 Å². The molecule has 0 radical (unpaired) electrons. The minimum Gasteiger partial charge on any atom is -0.483 e. The number of carbonyl (C=O) groups excluding carboxylic acids is 1. The highest BCUT2D eigenvalue weighted by molar-refractivity contribution is 9.10. The summed E-state index contributed by atoms with van der Waals surface area (Å²) in [5, 5.41) is 4.31. The lowest BCUT2D eigenvalue weighted by molar-refractivity contribution is -0.123. The van der Waals surface area contributed by atoms with E-state index in [2.05, 4.69) is 33.4 Å². The van der Waals surface area contributed by atoms with Crippen molar-refractivity contribution in [2.75, 3.05) is 6.61 Å². The predicted octanol–water partition coefficient (Wildman–Crippen LogP) is 4.85. The lowest BCUT2D eigenvalue weighted by Crippen LogP contribution is -2.26. The maximum Gasteiger partial charge on any atom is 0.277 e. The van der Waals surface area contributed by atoms with Crippen LogP contribution in [-0.2, 0) is 4.79 Å². The molecule has 4 nitrogen and oxygen atoms in total. The number of unbranched alkanes of at least 4 members (excludes halogenated alkanes) is 1. The van der Waals surface area contributed by atoms with Crippen molar-refractivity contribution in [3.8, 4) is 5.75 Å². The zero-order valence-corrected chi connectivity index (χ0v) is 16.2. The highest BCUT2D eigenvalue weighted by atomic mass is 79.9. The van der Waals surface area contributed by atoms with Crippen LogP contribution in [0.25, 0.3) is 0 Å². The fraction of sp³-hybridized carbons (Fsp3) is 0.300. The smallest absolute Gasteiger partial charge is 0.277 e. The standard InChI is InChI=1S/C20H23BrN2O2/c1-3-4-10-18(16-8-6-5-7-9-16)22-23-20(24)14-25-19-12-11-17(21)13-15(19)2/h5-9,11-13H,3-4,10,14H2,1-2H3,(H,23,24). The van der Waals surface area contributed by atoms with Crippen LogP contribution in [0.1, 0.15) is 37.3 Å². The highest BCUT2D eigenvalue weighted by Gasteiger charge is 2.07. The molecule has 0 aromatic heterocycles. The number of amides is 1. The third-order valence-electron chi connectivity index (χ3n) is 3.69. The van der Waals surface area contributed by atoms with E-state index < -0.39 is 0 Å². The van der Waals surface area contributed by atoms with Gasteiger partial charge in [-0.3, -0.25) is 4.79 Å². The SMILES string of the molecule is CCCCC(=NNC(=O)COc1ccc(Br)cc1C)c1ccccc1. The van der Waals surface area contributed by atoms with Crippen LogP contribution in [0, 0.1) is 6.92 Å². The van der Waals surface area contributed by atoms with Crippen molar-refractivity contribution in [2.24, 2.45) is 5.10 Å². The number of hydrogen-bond acceptors (Lipinski definition) is 3. The Kier molecular flexibility index (Phi) is 7.67. The Balaban J connectivity index is 1.96. The molecule has 0 spiro atoms. The van der Waals surface area contributed by atoms with Gasteiger partial charge in [-0.25, -0.2) is 5.43 Å². The molecule has 1 amide bonds. The Hall–Kier alpha value is -2.14. The topological polar surface area (TPSA) is 50.7 Å². The second kappa shape index (κ2) is 9.99. The van der Waals surface area contributed by atoms with E-state index in [1.54, 1.807) is 0 Å². The fourth-order valence-corrected chi connectivity index (χ4v) is 2.80. The number of hydrazone groups is 1. The van der Waals surface area contributed by atoms with Gasteiger partial charge >= 0.3 is 0 Å². The molecule has 0 saturated heterocycles. The predicted molar refractivity (Wildman–Crippen MR) is 105 cm³/mol. The third kappa shape index (κ3) is 6.35. The Labute approximate surface area is 157 Å². The average molecular weight is 403 g/mol. The average Bonchev–Trinajstić information content (AvgIpc) is 2.62. The van der Waals surface area contributed by atoms with Gasteiger partial charge in [0, 0.05) is 4.47 Å². The van der Waals surface area contributed by atoms with Gasteiger partial charge in [0.2, 0.25) is 0 Å². The quantitative estimate of drug-likeness (QED) is 0.506. The van der Waals surface area contributed by atoms with Crippen molar-refractivity contribution in [1.29, 1.82) is 0 Å². The fourth-order valence-electron chi connectivity index (χ4n) is 2.32. The Morgan fingerprint density at radius 1 is 1.20 bits per heavy atom. The molecular weight excluding hydrogens is 380 g/mol. The van der Waals surface area contributed by atoms with Crippen LogP contribution in [0.3, 0.4) is 0 Å². The van der Waals surface area contributed by atoms with E-state index in [1.165, 1.54) is 0 Å². The molecule has 0 heterocycles. The second-order valence-electron chi connectivity index (χ2n) is 5.76. The number of rotatable bonds is 8. The minimum atomic E-state index is -0.271. The molecule has 0 aliphatic heterocycles. The number of nitrogens with one attached hydrogen (secondary N) is 1. The van der Waals surface area contributed by atoms with E-state index in [1.807, 2.05) is 55.5 Å². The monoisotopic (exact) mass is 402 g/mol. The first-order valence-corrected chi connectivity index (χ1v) is 9.19. The van der Waals surface area contributed by atoms with Crippen LogP contribution >= 0.6 is 15.9 Å². The summed E-state index contributed by atoms with van der Waals surface area (Å²) in [6.07, 6.45) is 2.93. The number of hydrogen-bond donors (Lipinski definition) is 1. The Bertz CT molecular complexity index is 730. The summed E-state index contributed by atoms with van der Waals surface area (Å²) < 4.78 is 6.55. The molecule has 2 aromatic carbocycles. The first kappa shape index (κ1) is 19.2. The normalized spacial score (nSPS) is 11.2. The van der Waals surface area contributed by atoms with Crippen molar-refractivity contribution in [3.63, 3.8) is 0 Å². The molecule has 5 heteroatoms. The first-order valence-electron chi connectivity index (χ1n) is 8.40. The van der Waals surface area contributed by atoms with Crippen LogP contribution in [0.15, 0.2) is 58.1 Å². The maximum absolute atomic E-state index is 12.1. The molecule has 0 saturated carbocycles. The Morgan fingerprint density at radius 3 is 2.64 bits per heavy atom. The van der Waals surface area contributed by atoms with Crippen molar-refractivity contribution >= 4 is 27.5 Å². The van der Waals surface area contributed by atoms with E-state index in [4.69, 9.17) is 4.74 Å². The number of nitrogens with zero attached hydrogens (tertiary/aromatic N) is 1. The summed E-state index contributed by atoms with van der Waals surface area (Å²) in [5.41, 5.74) is 5.49. The van der Waals surface area contributed by atoms with Gasteiger partial charge in [-0.2, -0.15) is 5.10 Å². The van der Waals surface area contributed by atoms with Crippen molar-refractivity contribution < 1.29 is 9.53 Å². The van der Waals surface area contributed by atoms with Crippen molar-refractivity contribution in [2.45, 2.75) is 33.1 Å². The summed E-state index contributed by atoms with van der Waals surface area (Å²) in [5.74, 6) is 0.420. The van der Waals surface area contributed by atoms with E-state index in [-0.39, 0.29) is 12.5 Å². The number of aryl methyl sites for hydroxylation is 1. The summed E-state index contributed by atoms with van der Waals surface area (Å²) in [7, 11) is 0. The zero-order valence-electron chi connectivity index (χ0n) is 14.6. The molecular formula is C20H23BrN2O2. The number of benzene rings is 2. The summed E-state index contributed by atoms with van der Waals surface area (Å²) in [6.45, 7) is 4.01. The molecule has 1 N–H and O–H groups in total. The molecule has 0 aliphatic rings. The highest BCUT2D eigenvalue weighted by Crippen LogP contribution is 2.21. The molecule has 0 bridgehead atoms. The van der Waals surface area contributed by atoms with E-state index in [9.17, 15) is 4.79 Å². The van der Waals surface area contributed by atoms with Gasteiger partial charge in [0.15, 0.2) is 6.61 Å². The van der Waals surface area contributed by atoms with Gasteiger partial charge in [-0.15, -0.1) is 0 Å². The van der Waals surface area contributed by atoms with Gasteiger partial charge < -0.3 is 4.74 Å². The summed E-state index contributed by atoms with van der Waals surface area (Å²) in [4.78, 5) is 12.1. The van der Waals surface area contributed by atoms with Gasteiger partial charge in [0.1, 0.15) is 5.75 Å². The van der Waals surface area contributed by atoms with E-state index >= 15 is 0 Å². The second-order valence-corrected chi connectivity index (χ2v) is 6.68. The maximum atomic E-state index is 12.1. The summed E-state index contributed by atoms with van der Waals surface area (Å²) in [6, 6.07) is 15.6. The first-order chi connectivity index (χ1) is 12.1. The van der Waals surface area contributed by atoms with Crippen LogP contribution in [0.5, 0.6) is 5.75 Å². The number of carbonyl (C=O) groups is 1. The minimum absolute atomic E-state index is 0.0676. The molecule has 0 fully saturated rings. The zero-order chi connectivity index (χ0) is 18.1. The van der Waals surface area contributed by atoms with Gasteiger partial charge in [0.05, 0.1) is 5.71 Å². The van der Waals surface area contributed by atoms with Gasteiger partial charge in [-0.1, -0.05) is 59.6 Å². The van der Waals surface area contributed by atoms with Crippen molar-refractivity contribution in [3.05, 3.63) is 64.1 Å². The number of ether oxygens (including phenoxy) is 1. The lowest BCUT2D eigenvalue weighted by atomic mass is 10.1. The van der Waals surface area contributed by atoms with Crippen LogP contribution in [0.2, 0.25) is 0 Å². The Morgan fingerprint density at radius 2 is 1.96 bits per heavy atom. The molecule has 0 unspecified atom stereocenters. The van der Waals surface area contributed by atoms with E-state index in [0.29, 0.717) is 5.75 Å². The third-order valence-corrected chi connectivity index (χ3v) is 4.18. The molecule has 132 valence electrons. The number of halogens is 1. The molecule has 0 aliphatic carbocycles. The molecule has 25 heavy (non-hydrogen) atoms. The molecule has 0 atom stereocenters. The van der Waals surface area contributed by atoms with Crippen LogP contribution in [-0.4, -0.2) is 18.2 Å². The van der Waals surface area contributed by atoms with Gasteiger partial charge in [-0.05, 0) is 49.1 Å².